The molecule has 0 saturated carbocycles. The first-order valence-electron chi connectivity index (χ1n) is 8.96. The number of urea groups is 1. The first-order valence-corrected chi connectivity index (χ1v) is 8.96. The molecule has 0 bridgehead atoms. The van der Waals surface area contributed by atoms with Gasteiger partial charge in [-0.05, 0) is 44.9 Å². The number of nitrogens with one attached hydrogen (secondary N) is 1. The number of carbonyl (C=O) groups excluding carboxylic acids is 1. The van der Waals surface area contributed by atoms with Crippen LogP contribution in [0.3, 0.4) is 0 Å². The van der Waals surface area contributed by atoms with E-state index in [1.165, 1.54) is 0 Å². The number of rotatable bonds is 2. The SMILES string of the molecule is CC(C)NC(=O)N1CCO[C@]2(CCCN(c3cccc(C#N)c3)C2)C1. The van der Waals surface area contributed by atoms with Crippen LogP contribution in [-0.2, 0) is 4.74 Å². The van der Waals surface area contributed by atoms with E-state index in [2.05, 4.69) is 16.3 Å². The van der Waals surface area contributed by atoms with E-state index in [0.29, 0.717) is 25.3 Å². The molecule has 1 N–H and O–H groups in total. The fourth-order valence-electron chi connectivity index (χ4n) is 3.69. The lowest BCUT2D eigenvalue weighted by Gasteiger charge is -2.48. The molecule has 0 aromatic heterocycles. The number of ether oxygens (including phenoxy) is 1. The van der Waals surface area contributed by atoms with Gasteiger partial charge in [0.1, 0.15) is 5.60 Å². The minimum Gasteiger partial charge on any atom is -0.369 e. The molecule has 25 heavy (non-hydrogen) atoms. The zero-order chi connectivity index (χ0) is 17.9. The number of nitriles is 1. The highest BCUT2D eigenvalue weighted by atomic mass is 16.5. The summed E-state index contributed by atoms with van der Waals surface area (Å²) in [5.74, 6) is 0. The normalized spacial score (nSPS) is 23.6. The molecule has 0 radical (unpaired) electrons. The Kier molecular flexibility index (Phi) is 5.14. The van der Waals surface area contributed by atoms with Gasteiger partial charge in [0, 0.05) is 31.4 Å². The summed E-state index contributed by atoms with van der Waals surface area (Å²) >= 11 is 0. The number of hydrogen-bond acceptors (Lipinski definition) is 4. The third kappa shape index (κ3) is 4.05. The minimum atomic E-state index is -0.326. The van der Waals surface area contributed by atoms with E-state index in [4.69, 9.17) is 10.00 Å². The van der Waals surface area contributed by atoms with E-state index in [0.717, 1.165) is 31.6 Å². The molecule has 134 valence electrons. The molecular weight excluding hydrogens is 316 g/mol. The standard InChI is InChI=1S/C19H26N4O2/c1-15(2)21-18(24)23-9-10-25-19(14-23)7-4-8-22(13-19)17-6-3-5-16(11-17)12-20/h3,5-6,11,15H,4,7-10,13-14H2,1-2H3,(H,21,24)/t19-/m0/s1. The Morgan fingerprint density at radius 1 is 1.36 bits per heavy atom. The topological polar surface area (TPSA) is 68.6 Å². The van der Waals surface area contributed by atoms with Crippen LogP contribution in [-0.4, -0.2) is 55.4 Å². The summed E-state index contributed by atoms with van der Waals surface area (Å²) in [4.78, 5) is 16.5. The quantitative estimate of drug-likeness (QED) is 0.896. The molecule has 1 aromatic rings. The number of carbonyl (C=O) groups is 1. The fourth-order valence-corrected chi connectivity index (χ4v) is 3.69. The van der Waals surface area contributed by atoms with E-state index in [1.54, 1.807) is 0 Å². The van der Waals surface area contributed by atoms with Crippen LogP contribution < -0.4 is 10.2 Å². The maximum absolute atomic E-state index is 12.4. The van der Waals surface area contributed by atoms with Crippen LogP contribution in [0.2, 0.25) is 0 Å². The van der Waals surface area contributed by atoms with Crippen LogP contribution in [0.4, 0.5) is 10.5 Å². The molecule has 1 spiro atoms. The molecule has 6 heteroatoms. The zero-order valence-corrected chi connectivity index (χ0v) is 15.0. The molecular formula is C19H26N4O2. The van der Waals surface area contributed by atoms with Gasteiger partial charge in [-0.1, -0.05) is 6.07 Å². The lowest BCUT2D eigenvalue weighted by atomic mass is 9.90. The summed E-state index contributed by atoms with van der Waals surface area (Å²) in [6.07, 6.45) is 1.96. The highest BCUT2D eigenvalue weighted by molar-refractivity contribution is 5.74. The molecule has 2 heterocycles. The zero-order valence-electron chi connectivity index (χ0n) is 15.0. The number of piperidine rings is 1. The third-order valence-corrected chi connectivity index (χ3v) is 4.83. The molecule has 1 atom stereocenters. The van der Waals surface area contributed by atoms with Crippen LogP contribution in [0.15, 0.2) is 24.3 Å². The second-order valence-electron chi connectivity index (χ2n) is 7.24. The number of nitrogens with zero attached hydrogens (tertiary/aromatic N) is 3. The van der Waals surface area contributed by atoms with E-state index in [9.17, 15) is 4.79 Å². The maximum Gasteiger partial charge on any atom is 0.317 e. The Labute approximate surface area is 149 Å². The predicted molar refractivity (Wildman–Crippen MR) is 96.5 cm³/mol. The lowest BCUT2D eigenvalue weighted by Crippen LogP contribution is -2.62. The molecule has 2 fully saturated rings. The van der Waals surface area contributed by atoms with Gasteiger partial charge >= 0.3 is 6.03 Å². The van der Waals surface area contributed by atoms with Gasteiger partial charge in [-0.15, -0.1) is 0 Å². The number of benzene rings is 1. The monoisotopic (exact) mass is 342 g/mol. The minimum absolute atomic E-state index is 0.0127. The van der Waals surface area contributed by atoms with Crippen LogP contribution in [0.5, 0.6) is 0 Å². The lowest BCUT2D eigenvalue weighted by molar-refractivity contribution is -0.103. The summed E-state index contributed by atoms with van der Waals surface area (Å²) in [6, 6.07) is 10.0. The van der Waals surface area contributed by atoms with Gasteiger partial charge in [-0.25, -0.2) is 4.79 Å². The largest absolute Gasteiger partial charge is 0.369 e. The smallest absolute Gasteiger partial charge is 0.317 e. The van der Waals surface area contributed by atoms with Crippen LogP contribution in [0, 0.1) is 11.3 Å². The van der Waals surface area contributed by atoms with Crippen LogP contribution in [0.25, 0.3) is 0 Å². The van der Waals surface area contributed by atoms with E-state index in [1.807, 2.05) is 43.0 Å². The average molecular weight is 342 g/mol. The van der Waals surface area contributed by atoms with Crippen LogP contribution >= 0.6 is 0 Å². The summed E-state index contributed by atoms with van der Waals surface area (Å²) in [5.41, 5.74) is 1.39. The predicted octanol–water partition coefficient (Wildman–Crippen LogP) is 2.35. The van der Waals surface area contributed by atoms with Crippen molar-refractivity contribution in [3.05, 3.63) is 29.8 Å². The van der Waals surface area contributed by atoms with Crippen molar-refractivity contribution in [3.8, 4) is 6.07 Å². The number of anilines is 1. The van der Waals surface area contributed by atoms with Crippen molar-refractivity contribution in [1.82, 2.24) is 10.2 Å². The first-order chi connectivity index (χ1) is 12.0. The maximum atomic E-state index is 12.4. The Bertz CT molecular complexity index is 666. The Morgan fingerprint density at radius 2 is 2.20 bits per heavy atom. The number of hydrogen-bond donors (Lipinski definition) is 1. The van der Waals surface area contributed by atoms with E-state index in [-0.39, 0.29) is 17.7 Å². The van der Waals surface area contributed by atoms with Crippen molar-refractivity contribution >= 4 is 11.7 Å². The van der Waals surface area contributed by atoms with Crippen LogP contribution in [0.1, 0.15) is 32.3 Å². The highest BCUT2D eigenvalue weighted by Crippen LogP contribution is 2.32. The summed E-state index contributed by atoms with van der Waals surface area (Å²) in [5, 5.41) is 12.1. The molecule has 2 aliphatic rings. The summed E-state index contributed by atoms with van der Waals surface area (Å²) < 4.78 is 6.17. The Hall–Kier alpha value is -2.26. The molecule has 1 aromatic carbocycles. The van der Waals surface area contributed by atoms with Crippen molar-refractivity contribution in [2.75, 3.05) is 37.7 Å². The van der Waals surface area contributed by atoms with E-state index >= 15 is 0 Å². The number of morpholine rings is 1. The molecule has 0 unspecified atom stereocenters. The fraction of sp³-hybridized carbons (Fsp3) is 0.579. The van der Waals surface area contributed by atoms with Gasteiger partial charge in [0.05, 0.1) is 24.8 Å². The van der Waals surface area contributed by atoms with Gasteiger partial charge in [0.15, 0.2) is 0 Å². The Balaban J connectivity index is 1.73. The third-order valence-electron chi connectivity index (χ3n) is 4.83. The second kappa shape index (κ2) is 7.32. The van der Waals surface area contributed by atoms with Crippen molar-refractivity contribution in [1.29, 1.82) is 5.26 Å². The van der Waals surface area contributed by atoms with Gasteiger partial charge in [0.25, 0.3) is 0 Å². The second-order valence-corrected chi connectivity index (χ2v) is 7.24. The molecule has 3 rings (SSSR count). The van der Waals surface area contributed by atoms with Crippen molar-refractivity contribution < 1.29 is 9.53 Å². The molecule has 2 amide bonds. The van der Waals surface area contributed by atoms with Gasteiger partial charge < -0.3 is 19.9 Å². The Morgan fingerprint density at radius 3 is 2.96 bits per heavy atom. The van der Waals surface area contributed by atoms with Crippen molar-refractivity contribution in [2.45, 2.75) is 38.3 Å². The van der Waals surface area contributed by atoms with Gasteiger partial charge in [-0.2, -0.15) is 5.26 Å². The van der Waals surface area contributed by atoms with Gasteiger partial charge in [-0.3, -0.25) is 0 Å². The molecule has 2 saturated heterocycles. The summed E-state index contributed by atoms with van der Waals surface area (Å²) in [7, 11) is 0. The molecule has 0 aliphatic carbocycles. The van der Waals surface area contributed by atoms with E-state index < -0.39 is 0 Å². The number of amides is 2. The first kappa shape index (κ1) is 17.6. The average Bonchev–Trinajstić information content (AvgIpc) is 2.61. The highest BCUT2D eigenvalue weighted by Gasteiger charge is 2.42. The molecule has 2 aliphatic heterocycles. The summed E-state index contributed by atoms with van der Waals surface area (Å²) in [6.45, 7) is 7.44. The molecule has 6 nitrogen and oxygen atoms in total. The van der Waals surface area contributed by atoms with Crippen molar-refractivity contribution in [3.63, 3.8) is 0 Å². The van der Waals surface area contributed by atoms with Gasteiger partial charge in [0.2, 0.25) is 0 Å². The van der Waals surface area contributed by atoms with Crippen molar-refractivity contribution in [2.24, 2.45) is 0 Å².